The minimum Gasteiger partial charge on any atom is -0.356 e. The fourth-order valence-corrected chi connectivity index (χ4v) is 2.60. The van der Waals surface area contributed by atoms with E-state index in [0.717, 1.165) is 50.0 Å². The lowest BCUT2D eigenvalue weighted by Gasteiger charge is -2.17. The Bertz CT molecular complexity index is 637. The molecule has 7 nitrogen and oxygen atoms in total. The molecule has 140 valence electrons. The third-order valence-corrected chi connectivity index (χ3v) is 4.11. The van der Waals surface area contributed by atoms with Crippen LogP contribution in [0.15, 0.2) is 29.4 Å². The zero-order valence-corrected chi connectivity index (χ0v) is 17.7. The number of hydrogen-bond donors (Lipinski definition) is 2. The third-order valence-electron chi connectivity index (χ3n) is 4.11. The van der Waals surface area contributed by atoms with Gasteiger partial charge in [-0.3, -0.25) is 9.39 Å². The predicted octanol–water partition coefficient (Wildman–Crippen LogP) is 2.13. The van der Waals surface area contributed by atoms with Crippen molar-refractivity contribution in [3.8, 4) is 0 Å². The van der Waals surface area contributed by atoms with Crippen molar-refractivity contribution in [2.75, 3.05) is 33.2 Å². The Labute approximate surface area is 167 Å². The smallest absolute Gasteiger partial charge is 0.191 e. The zero-order chi connectivity index (χ0) is 17.2. The summed E-state index contributed by atoms with van der Waals surface area (Å²) in [6.07, 6.45) is 4.29. The predicted molar refractivity (Wildman–Crippen MR) is 114 cm³/mol. The fraction of sp³-hybridized carbons (Fsp3) is 0.588. The minimum atomic E-state index is 0. The number of guanidine groups is 1. The SMILES string of the molecule is CCN(CC)CCCCNC(=NC)NCc1nnc2ccccn12.I. The van der Waals surface area contributed by atoms with E-state index in [-0.39, 0.29) is 24.0 Å². The number of nitrogens with zero attached hydrogens (tertiary/aromatic N) is 5. The maximum Gasteiger partial charge on any atom is 0.191 e. The molecule has 0 aliphatic carbocycles. The van der Waals surface area contributed by atoms with Gasteiger partial charge in [-0.25, -0.2) is 0 Å². The quantitative estimate of drug-likeness (QED) is 0.260. The third kappa shape index (κ3) is 6.77. The van der Waals surface area contributed by atoms with E-state index < -0.39 is 0 Å². The molecule has 0 spiro atoms. The molecule has 0 saturated heterocycles. The van der Waals surface area contributed by atoms with Gasteiger partial charge in [0.15, 0.2) is 17.4 Å². The van der Waals surface area contributed by atoms with Crippen molar-refractivity contribution >= 4 is 35.6 Å². The molecule has 0 aliphatic rings. The summed E-state index contributed by atoms with van der Waals surface area (Å²) >= 11 is 0. The van der Waals surface area contributed by atoms with Crippen LogP contribution in [-0.2, 0) is 6.54 Å². The molecule has 25 heavy (non-hydrogen) atoms. The van der Waals surface area contributed by atoms with Crippen LogP contribution in [0.1, 0.15) is 32.5 Å². The van der Waals surface area contributed by atoms with Crippen LogP contribution in [0.4, 0.5) is 0 Å². The summed E-state index contributed by atoms with van der Waals surface area (Å²) in [6.45, 7) is 9.33. The molecule has 8 heteroatoms. The highest BCUT2D eigenvalue weighted by molar-refractivity contribution is 14.0. The molecule has 0 bridgehead atoms. The summed E-state index contributed by atoms with van der Waals surface area (Å²) in [7, 11) is 1.78. The Hall–Kier alpha value is -1.42. The standard InChI is InChI=1S/C17H29N7.HI/c1-4-23(5-2)12-9-7-11-19-17(18-3)20-14-16-22-21-15-10-6-8-13-24(15)16;/h6,8,10,13H,4-5,7,9,11-12,14H2,1-3H3,(H2,18,19,20);1H. The van der Waals surface area contributed by atoms with Gasteiger partial charge in [0.05, 0.1) is 6.54 Å². The van der Waals surface area contributed by atoms with Crippen LogP contribution in [-0.4, -0.2) is 58.7 Å². The van der Waals surface area contributed by atoms with Crippen molar-refractivity contribution in [2.45, 2.75) is 33.2 Å². The van der Waals surface area contributed by atoms with Gasteiger partial charge in [0.1, 0.15) is 0 Å². The lowest BCUT2D eigenvalue weighted by Crippen LogP contribution is -2.38. The van der Waals surface area contributed by atoms with Crippen molar-refractivity contribution in [3.05, 3.63) is 30.2 Å². The molecule has 0 saturated carbocycles. The first-order valence-electron chi connectivity index (χ1n) is 8.74. The highest BCUT2D eigenvalue weighted by atomic mass is 127. The second kappa shape index (κ2) is 12.0. The second-order valence-corrected chi connectivity index (χ2v) is 5.63. The summed E-state index contributed by atoms with van der Waals surface area (Å²) in [4.78, 5) is 6.71. The van der Waals surface area contributed by atoms with E-state index in [1.807, 2.05) is 28.8 Å². The Balaban J connectivity index is 0.00000312. The molecule has 2 aromatic rings. The van der Waals surface area contributed by atoms with Crippen LogP contribution < -0.4 is 10.6 Å². The largest absolute Gasteiger partial charge is 0.356 e. The average Bonchev–Trinajstić information content (AvgIpc) is 3.04. The molecule has 0 radical (unpaired) electrons. The van der Waals surface area contributed by atoms with E-state index in [2.05, 4.69) is 44.6 Å². The number of hydrogen-bond acceptors (Lipinski definition) is 4. The monoisotopic (exact) mass is 459 g/mol. The molecule has 0 aliphatic heterocycles. The number of unbranched alkanes of at least 4 members (excludes halogenated alkanes) is 1. The number of pyridine rings is 1. The van der Waals surface area contributed by atoms with Gasteiger partial charge in [-0.05, 0) is 44.6 Å². The summed E-state index contributed by atoms with van der Waals surface area (Å²) < 4.78 is 1.98. The molecular weight excluding hydrogens is 429 g/mol. The summed E-state index contributed by atoms with van der Waals surface area (Å²) in [6, 6.07) is 5.88. The van der Waals surface area contributed by atoms with Gasteiger partial charge in [0, 0.05) is 19.8 Å². The Morgan fingerprint density at radius 2 is 1.96 bits per heavy atom. The van der Waals surface area contributed by atoms with E-state index in [1.54, 1.807) is 7.05 Å². The first-order valence-corrected chi connectivity index (χ1v) is 8.74. The molecule has 2 rings (SSSR count). The second-order valence-electron chi connectivity index (χ2n) is 5.63. The normalized spacial score (nSPS) is 11.6. The van der Waals surface area contributed by atoms with Gasteiger partial charge in [0.2, 0.25) is 0 Å². The van der Waals surface area contributed by atoms with Crippen LogP contribution in [0, 0.1) is 0 Å². The number of aliphatic imine (C=N–C) groups is 1. The lowest BCUT2D eigenvalue weighted by atomic mass is 10.3. The van der Waals surface area contributed by atoms with E-state index in [0.29, 0.717) is 6.54 Å². The van der Waals surface area contributed by atoms with Gasteiger partial charge in [-0.15, -0.1) is 34.2 Å². The van der Waals surface area contributed by atoms with E-state index in [4.69, 9.17) is 0 Å². The van der Waals surface area contributed by atoms with Gasteiger partial charge in [-0.2, -0.15) is 0 Å². The van der Waals surface area contributed by atoms with E-state index in [1.165, 1.54) is 6.42 Å². The summed E-state index contributed by atoms with van der Waals surface area (Å²) in [5, 5.41) is 15.0. The van der Waals surface area contributed by atoms with Crippen LogP contribution >= 0.6 is 24.0 Å². The van der Waals surface area contributed by atoms with Crippen molar-refractivity contribution in [1.29, 1.82) is 0 Å². The van der Waals surface area contributed by atoms with E-state index >= 15 is 0 Å². The highest BCUT2D eigenvalue weighted by Crippen LogP contribution is 2.02. The number of aromatic nitrogens is 3. The molecule has 0 unspecified atom stereocenters. The van der Waals surface area contributed by atoms with E-state index in [9.17, 15) is 0 Å². The Morgan fingerprint density at radius 3 is 2.68 bits per heavy atom. The maximum atomic E-state index is 4.26. The van der Waals surface area contributed by atoms with Crippen LogP contribution in [0.3, 0.4) is 0 Å². The molecule has 0 amide bonds. The first kappa shape index (κ1) is 21.6. The average molecular weight is 459 g/mol. The van der Waals surface area contributed by atoms with Crippen LogP contribution in [0.2, 0.25) is 0 Å². The topological polar surface area (TPSA) is 69.8 Å². The van der Waals surface area contributed by atoms with Crippen molar-refractivity contribution < 1.29 is 0 Å². The number of nitrogens with one attached hydrogen (secondary N) is 2. The molecule has 0 atom stereocenters. The van der Waals surface area contributed by atoms with Gasteiger partial charge in [0.25, 0.3) is 0 Å². The zero-order valence-electron chi connectivity index (χ0n) is 15.4. The van der Waals surface area contributed by atoms with Crippen LogP contribution in [0.5, 0.6) is 0 Å². The maximum absolute atomic E-state index is 4.26. The number of halogens is 1. The van der Waals surface area contributed by atoms with Gasteiger partial charge < -0.3 is 15.5 Å². The molecule has 2 aromatic heterocycles. The molecule has 0 fully saturated rings. The summed E-state index contributed by atoms with van der Waals surface area (Å²) in [5.74, 6) is 1.67. The molecular formula is C17H30IN7. The molecule has 2 heterocycles. The fourth-order valence-electron chi connectivity index (χ4n) is 2.60. The Morgan fingerprint density at radius 1 is 1.16 bits per heavy atom. The lowest BCUT2D eigenvalue weighted by molar-refractivity contribution is 0.297. The van der Waals surface area contributed by atoms with Crippen molar-refractivity contribution in [1.82, 2.24) is 30.1 Å². The van der Waals surface area contributed by atoms with Crippen LogP contribution in [0.25, 0.3) is 5.65 Å². The van der Waals surface area contributed by atoms with Gasteiger partial charge in [-0.1, -0.05) is 19.9 Å². The molecule has 2 N–H and O–H groups in total. The van der Waals surface area contributed by atoms with Gasteiger partial charge >= 0.3 is 0 Å². The highest BCUT2D eigenvalue weighted by Gasteiger charge is 2.05. The number of rotatable bonds is 9. The Kier molecular flexibility index (Phi) is 10.4. The molecule has 0 aromatic carbocycles. The first-order chi connectivity index (χ1) is 11.8. The minimum absolute atomic E-state index is 0. The number of fused-ring (bicyclic) bond motifs is 1. The van der Waals surface area contributed by atoms with Crippen molar-refractivity contribution in [2.24, 2.45) is 4.99 Å². The van der Waals surface area contributed by atoms with Crippen molar-refractivity contribution in [3.63, 3.8) is 0 Å². The summed E-state index contributed by atoms with van der Waals surface area (Å²) in [5.41, 5.74) is 0.855.